The van der Waals surface area contributed by atoms with Crippen LogP contribution >= 0.6 is 0 Å². The van der Waals surface area contributed by atoms with Crippen molar-refractivity contribution in [1.82, 2.24) is 5.32 Å². The van der Waals surface area contributed by atoms with Gasteiger partial charge in [-0.3, -0.25) is 4.79 Å². The molecule has 0 saturated carbocycles. The van der Waals surface area contributed by atoms with Crippen LogP contribution in [0.25, 0.3) is 0 Å². The van der Waals surface area contributed by atoms with E-state index in [4.69, 9.17) is 14.2 Å². The van der Waals surface area contributed by atoms with Crippen molar-refractivity contribution in [2.45, 2.75) is 31.5 Å². The largest absolute Gasteiger partial charge is 0.459 e. The molecule has 0 aliphatic carbocycles. The molecule has 2 aromatic carbocycles. The van der Waals surface area contributed by atoms with E-state index in [2.05, 4.69) is 5.32 Å². The van der Waals surface area contributed by atoms with Gasteiger partial charge in [0.2, 0.25) is 5.91 Å². The second kappa shape index (κ2) is 9.31. The number of ether oxygens (including phenoxy) is 3. The Labute approximate surface area is 167 Å². The van der Waals surface area contributed by atoms with E-state index in [1.54, 1.807) is 60.7 Å². The molecule has 8 heteroatoms. The van der Waals surface area contributed by atoms with E-state index < -0.39 is 42.4 Å². The number of esters is 2. The van der Waals surface area contributed by atoms with Crippen LogP contribution in [-0.2, 0) is 19.0 Å². The van der Waals surface area contributed by atoms with Gasteiger partial charge in [-0.15, -0.1) is 0 Å². The van der Waals surface area contributed by atoms with Gasteiger partial charge < -0.3 is 24.6 Å². The van der Waals surface area contributed by atoms with Crippen molar-refractivity contribution < 1.29 is 33.7 Å². The fraction of sp³-hybridized carbons (Fsp3) is 0.286. The summed E-state index contributed by atoms with van der Waals surface area (Å²) < 4.78 is 16.2. The third kappa shape index (κ3) is 5.18. The smallest absolute Gasteiger partial charge is 0.338 e. The van der Waals surface area contributed by atoms with Crippen LogP contribution < -0.4 is 5.32 Å². The monoisotopic (exact) mass is 399 g/mol. The Hall–Kier alpha value is -3.23. The molecule has 4 atom stereocenters. The summed E-state index contributed by atoms with van der Waals surface area (Å²) in [6.07, 6.45) is -3.43. The fourth-order valence-electron chi connectivity index (χ4n) is 2.99. The Bertz CT molecular complexity index is 856. The molecule has 1 aliphatic heterocycles. The van der Waals surface area contributed by atoms with Gasteiger partial charge >= 0.3 is 11.9 Å². The van der Waals surface area contributed by atoms with Gasteiger partial charge in [-0.25, -0.2) is 9.59 Å². The molecule has 1 aliphatic rings. The predicted octanol–water partition coefficient (Wildman–Crippen LogP) is 1.29. The third-order valence-corrected chi connectivity index (χ3v) is 4.35. The van der Waals surface area contributed by atoms with E-state index in [1.807, 2.05) is 0 Å². The van der Waals surface area contributed by atoms with Gasteiger partial charge in [0.25, 0.3) is 0 Å². The predicted molar refractivity (Wildman–Crippen MR) is 101 cm³/mol. The Morgan fingerprint density at radius 1 is 0.966 bits per heavy atom. The molecule has 0 radical (unpaired) electrons. The SMILES string of the molecule is CC(=O)NC1C(O)OC(COC(=O)c2ccccc2)C1OC(=O)c1ccccc1. The fourth-order valence-corrected chi connectivity index (χ4v) is 2.99. The zero-order chi connectivity index (χ0) is 20.8. The minimum atomic E-state index is -1.42. The number of rotatable bonds is 6. The van der Waals surface area contributed by atoms with Crippen LogP contribution in [0.15, 0.2) is 60.7 Å². The zero-order valence-corrected chi connectivity index (χ0v) is 15.7. The van der Waals surface area contributed by atoms with Crippen molar-refractivity contribution in [1.29, 1.82) is 0 Å². The van der Waals surface area contributed by atoms with E-state index in [0.717, 1.165) is 0 Å². The molecule has 1 fully saturated rings. The normalized spacial score (nSPS) is 23.2. The number of nitrogens with one attached hydrogen (secondary N) is 1. The Morgan fingerprint density at radius 2 is 1.52 bits per heavy atom. The summed E-state index contributed by atoms with van der Waals surface area (Å²) in [5, 5.41) is 12.7. The van der Waals surface area contributed by atoms with Crippen LogP contribution in [0, 0.1) is 0 Å². The number of aliphatic hydroxyl groups excluding tert-OH is 1. The van der Waals surface area contributed by atoms with E-state index >= 15 is 0 Å². The molecular weight excluding hydrogens is 378 g/mol. The van der Waals surface area contributed by atoms with Gasteiger partial charge in [-0.05, 0) is 24.3 Å². The molecule has 1 heterocycles. The standard InChI is InChI=1S/C21H21NO7/c1-13(23)22-17-18(29-20(25)15-10-6-3-7-11-15)16(28-21(17)26)12-27-19(24)14-8-4-2-5-9-14/h2-11,16-18,21,26H,12H2,1H3,(H,22,23). The molecular formula is C21H21NO7. The number of carbonyl (C=O) groups excluding carboxylic acids is 3. The van der Waals surface area contributed by atoms with Crippen molar-refractivity contribution in [3.8, 4) is 0 Å². The summed E-state index contributed by atoms with van der Waals surface area (Å²) in [4.78, 5) is 36.1. The number of carbonyl (C=O) groups is 3. The lowest BCUT2D eigenvalue weighted by Crippen LogP contribution is -2.49. The van der Waals surface area contributed by atoms with Gasteiger partial charge in [-0.2, -0.15) is 0 Å². The maximum atomic E-state index is 12.5. The van der Waals surface area contributed by atoms with Crippen LogP contribution in [0.1, 0.15) is 27.6 Å². The summed E-state index contributed by atoms with van der Waals surface area (Å²) in [7, 11) is 0. The third-order valence-electron chi connectivity index (χ3n) is 4.35. The first-order valence-electron chi connectivity index (χ1n) is 9.04. The Kier molecular flexibility index (Phi) is 6.58. The zero-order valence-electron chi connectivity index (χ0n) is 15.7. The molecule has 0 spiro atoms. The topological polar surface area (TPSA) is 111 Å². The van der Waals surface area contributed by atoms with Gasteiger partial charge in [0.15, 0.2) is 12.4 Å². The number of amides is 1. The molecule has 1 saturated heterocycles. The molecule has 3 rings (SSSR count). The first-order chi connectivity index (χ1) is 14.0. The average molecular weight is 399 g/mol. The highest BCUT2D eigenvalue weighted by molar-refractivity contribution is 5.90. The number of aliphatic hydroxyl groups is 1. The number of hydrogen-bond acceptors (Lipinski definition) is 7. The molecule has 2 aromatic rings. The molecule has 0 bridgehead atoms. The van der Waals surface area contributed by atoms with Crippen molar-refractivity contribution >= 4 is 17.8 Å². The minimum absolute atomic E-state index is 0.270. The highest BCUT2D eigenvalue weighted by atomic mass is 16.7. The molecule has 152 valence electrons. The van der Waals surface area contributed by atoms with Gasteiger partial charge in [0.05, 0.1) is 11.1 Å². The van der Waals surface area contributed by atoms with Crippen molar-refractivity contribution in [2.24, 2.45) is 0 Å². The van der Waals surface area contributed by atoms with Gasteiger partial charge in [-0.1, -0.05) is 36.4 Å². The quantitative estimate of drug-likeness (QED) is 0.704. The van der Waals surface area contributed by atoms with Gasteiger partial charge in [0, 0.05) is 6.92 Å². The van der Waals surface area contributed by atoms with Crippen LogP contribution in [0.5, 0.6) is 0 Å². The van der Waals surface area contributed by atoms with E-state index in [9.17, 15) is 19.5 Å². The highest BCUT2D eigenvalue weighted by Gasteiger charge is 2.47. The van der Waals surface area contributed by atoms with Crippen LogP contribution in [-0.4, -0.2) is 54.1 Å². The van der Waals surface area contributed by atoms with Crippen LogP contribution in [0.4, 0.5) is 0 Å². The van der Waals surface area contributed by atoms with Crippen LogP contribution in [0.3, 0.4) is 0 Å². The van der Waals surface area contributed by atoms with Crippen LogP contribution in [0.2, 0.25) is 0 Å². The lowest BCUT2D eigenvalue weighted by atomic mass is 10.1. The molecule has 8 nitrogen and oxygen atoms in total. The lowest BCUT2D eigenvalue weighted by molar-refractivity contribution is -0.127. The summed E-state index contributed by atoms with van der Waals surface area (Å²) in [5.74, 6) is -1.66. The van der Waals surface area contributed by atoms with E-state index in [0.29, 0.717) is 11.1 Å². The molecule has 4 unspecified atom stereocenters. The molecule has 2 N–H and O–H groups in total. The lowest BCUT2D eigenvalue weighted by Gasteiger charge is -2.23. The number of benzene rings is 2. The second-order valence-corrected chi connectivity index (χ2v) is 6.49. The Morgan fingerprint density at radius 3 is 2.07 bits per heavy atom. The van der Waals surface area contributed by atoms with Crippen molar-refractivity contribution in [3.05, 3.63) is 71.8 Å². The Balaban J connectivity index is 1.72. The van der Waals surface area contributed by atoms with E-state index in [-0.39, 0.29) is 6.61 Å². The van der Waals surface area contributed by atoms with Crippen molar-refractivity contribution in [3.63, 3.8) is 0 Å². The molecule has 0 aromatic heterocycles. The highest BCUT2D eigenvalue weighted by Crippen LogP contribution is 2.25. The molecule has 29 heavy (non-hydrogen) atoms. The summed E-state index contributed by atoms with van der Waals surface area (Å²) in [6, 6.07) is 15.6. The summed E-state index contributed by atoms with van der Waals surface area (Å²) in [5.41, 5.74) is 0.651. The summed E-state index contributed by atoms with van der Waals surface area (Å²) >= 11 is 0. The van der Waals surface area contributed by atoms with Crippen molar-refractivity contribution in [2.75, 3.05) is 6.61 Å². The van der Waals surface area contributed by atoms with Gasteiger partial charge in [0.1, 0.15) is 18.8 Å². The van der Waals surface area contributed by atoms with E-state index in [1.165, 1.54) is 6.92 Å². The first kappa shape index (κ1) is 20.5. The maximum Gasteiger partial charge on any atom is 0.338 e. The molecule has 1 amide bonds. The summed E-state index contributed by atoms with van der Waals surface area (Å²) in [6.45, 7) is 0.999. The first-order valence-corrected chi connectivity index (χ1v) is 9.04. The average Bonchev–Trinajstić information content (AvgIpc) is 3.01. The number of hydrogen-bond donors (Lipinski definition) is 2. The maximum absolute atomic E-state index is 12.5. The second-order valence-electron chi connectivity index (χ2n) is 6.49. The minimum Gasteiger partial charge on any atom is -0.459 e.